The molecule has 150 valence electrons. The topological polar surface area (TPSA) is 82.1 Å². The first-order valence-electron chi connectivity index (χ1n) is 9.63. The summed E-state index contributed by atoms with van der Waals surface area (Å²) in [7, 11) is 0. The van der Waals surface area contributed by atoms with E-state index in [1.54, 1.807) is 12.1 Å². The highest BCUT2D eigenvalue weighted by Gasteiger charge is 2.47. The predicted octanol–water partition coefficient (Wildman–Crippen LogP) is 2.72. The van der Waals surface area contributed by atoms with Crippen LogP contribution in [0.5, 0.6) is 11.5 Å². The van der Waals surface area contributed by atoms with Gasteiger partial charge in [0.05, 0.1) is 23.3 Å². The molecule has 1 saturated heterocycles. The highest BCUT2D eigenvalue weighted by atomic mass is 35.5. The predicted molar refractivity (Wildman–Crippen MR) is 99.0 cm³/mol. The minimum Gasteiger partial charge on any atom is -0.486 e. The van der Waals surface area contributed by atoms with E-state index in [4.69, 9.17) is 25.8 Å². The van der Waals surface area contributed by atoms with Crippen LogP contribution in [0.25, 0.3) is 0 Å². The number of hydrogen-bond donors (Lipinski definition) is 0. The van der Waals surface area contributed by atoms with E-state index in [0.29, 0.717) is 35.3 Å². The van der Waals surface area contributed by atoms with Crippen LogP contribution in [0, 0.1) is 11.8 Å². The van der Waals surface area contributed by atoms with Crippen molar-refractivity contribution in [1.82, 2.24) is 4.90 Å². The van der Waals surface area contributed by atoms with Gasteiger partial charge < -0.3 is 14.2 Å². The van der Waals surface area contributed by atoms with Crippen LogP contribution in [-0.4, -0.2) is 42.4 Å². The van der Waals surface area contributed by atoms with E-state index < -0.39 is 5.97 Å². The number of rotatable bonds is 5. The first kappa shape index (κ1) is 19.1. The third-order valence-corrected chi connectivity index (χ3v) is 5.81. The number of hydrogen-bond acceptors (Lipinski definition) is 6. The van der Waals surface area contributed by atoms with Gasteiger partial charge in [0.15, 0.2) is 11.5 Å². The molecule has 0 unspecified atom stereocenters. The van der Waals surface area contributed by atoms with E-state index in [2.05, 4.69) is 0 Å². The molecule has 1 aromatic carbocycles. The number of nitrogens with zero attached hydrogens (tertiary/aromatic N) is 1. The quantitative estimate of drug-likeness (QED) is 0.551. The number of esters is 1. The number of fused-ring (bicyclic) bond motifs is 2. The molecule has 0 aromatic heterocycles. The molecular weight excluding hydrogens is 386 g/mol. The van der Waals surface area contributed by atoms with Crippen molar-refractivity contribution in [3.05, 3.63) is 22.7 Å². The lowest BCUT2D eigenvalue weighted by molar-refractivity contribution is -0.146. The van der Waals surface area contributed by atoms with Crippen molar-refractivity contribution in [3.8, 4) is 11.5 Å². The van der Waals surface area contributed by atoms with Crippen molar-refractivity contribution >= 4 is 29.4 Å². The maximum Gasteiger partial charge on any atom is 0.307 e. The number of halogens is 1. The molecule has 4 rings (SSSR count). The van der Waals surface area contributed by atoms with Crippen molar-refractivity contribution in [2.45, 2.75) is 38.7 Å². The Morgan fingerprint density at radius 3 is 2.50 bits per heavy atom. The third kappa shape index (κ3) is 3.68. The van der Waals surface area contributed by atoms with Crippen LogP contribution in [0.3, 0.4) is 0 Å². The van der Waals surface area contributed by atoms with E-state index in [1.165, 1.54) is 4.90 Å². The normalized spacial score (nSPS) is 23.5. The van der Waals surface area contributed by atoms with Gasteiger partial charge in [-0.05, 0) is 30.5 Å². The lowest BCUT2D eigenvalue weighted by Gasteiger charge is -2.20. The van der Waals surface area contributed by atoms with Gasteiger partial charge in [-0.2, -0.15) is 0 Å². The van der Waals surface area contributed by atoms with Gasteiger partial charge in [-0.15, -0.1) is 0 Å². The first-order valence-corrected chi connectivity index (χ1v) is 10.0. The third-order valence-electron chi connectivity index (χ3n) is 5.53. The van der Waals surface area contributed by atoms with Crippen LogP contribution in [-0.2, 0) is 25.7 Å². The number of likely N-dealkylation sites (tertiary alicyclic amines) is 1. The van der Waals surface area contributed by atoms with Crippen LogP contribution >= 0.6 is 11.6 Å². The molecule has 1 saturated carbocycles. The molecule has 28 heavy (non-hydrogen) atoms. The number of benzene rings is 1. The largest absolute Gasteiger partial charge is 0.486 e. The molecule has 0 radical (unpaired) electrons. The molecule has 2 heterocycles. The molecular formula is C20H22ClNO6. The Morgan fingerprint density at radius 2 is 1.79 bits per heavy atom. The van der Waals surface area contributed by atoms with Crippen molar-refractivity contribution < 1.29 is 28.6 Å². The van der Waals surface area contributed by atoms with Crippen molar-refractivity contribution in [2.24, 2.45) is 11.8 Å². The molecule has 0 bridgehead atoms. The Bertz CT molecular complexity index is 786. The molecule has 2 amide bonds. The maximum atomic E-state index is 12.4. The molecule has 2 aliphatic heterocycles. The van der Waals surface area contributed by atoms with Crippen LogP contribution in [0.15, 0.2) is 12.1 Å². The van der Waals surface area contributed by atoms with E-state index in [1.807, 2.05) is 0 Å². The SMILES string of the molecule is O=C(CCN1C(=O)[C@@H]2CCCC[C@H]2C1=O)OCc1cc(Cl)c2c(c1)OCCO2. The Balaban J connectivity index is 1.30. The van der Waals surface area contributed by atoms with Crippen molar-refractivity contribution in [3.63, 3.8) is 0 Å². The molecule has 3 aliphatic rings. The van der Waals surface area contributed by atoms with Gasteiger partial charge in [0, 0.05) is 6.54 Å². The summed E-state index contributed by atoms with van der Waals surface area (Å²) >= 11 is 6.17. The Morgan fingerprint density at radius 1 is 1.11 bits per heavy atom. The number of amides is 2. The first-order chi connectivity index (χ1) is 13.5. The highest BCUT2D eigenvalue weighted by molar-refractivity contribution is 6.32. The smallest absolute Gasteiger partial charge is 0.307 e. The van der Waals surface area contributed by atoms with Crippen LogP contribution in [0.1, 0.15) is 37.7 Å². The van der Waals surface area contributed by atoms with E-state index in [-0.39, 0.29) is 43.2 Å². The molecule has 0 N–H and O–H groups in total. The molecule has 7 nitrogen and oxygen atoms in total. The zero-order valence-electron chi connectivity index (χ0n) is 15.4. The number of carbonyl (C=O) groups is 3. The monoisotopic (exact) mass is 407 g/mol. The molecule has 2 fully saturated rings. The van der Waals surface area contributed by atoms with Gasteiger partial charge in [-0.1, -0.05) is 24.4 Å². The van der Waals surface area contributed by atoms with Gasteiger partial charge in [-0.25, -0.2) is 0 Å². The summed E-state index contributed by atoms with van der Waals surface area (Å²) in [5.41, 5.74) is 0.682. The summed E-state index contributed by atoms with van der Waals surface area (Å²) in [5.74, 6) is -0.117. The van der Waals surface area contributed by atoms with Crippen LogP contribution in [0.4, 0.5) is 0 Å². The summed E-state index contributed by atoms with van der Waals surface area (Å²) < 4.78 is 16.2. The van der Waals surface area contributed by atoms with Crippen molar-refractivity contribution in [1.29, 1.82) is 0 Å². The molecule has 0 spiro atoms. The summed E-state index contributed by atoms with van der Waals surface area (Å²) in [6.07, 6.45) is 3.47. The van der Waals surface area contributed by atoms with Gasteiger partial charge in [-0.3, -0.25) is 19.3 Å². The average molecular weight is 408 g/mol. The Hall–Kier alpha value is -2.28. The lowest BCUT2D eigenvalue weighted by Crippen LogP contribution is -2.33. The van der Waals surface area contributed by atoms with E-state index in [9.17, 15) is 14.4 Å². The fraction of sp³-hybridized carbons (Fsp3) is 0.550. The second-order valence-electron chi connectivity index (χ2n) is 7.34. The zero-order chi connectivity index (χ0) is 19.7. The van der Waals surface area contributed by atoms with Gasteiger partial charge >= 0.3 is 5.97 Å². The molecule has 1 aliphatic carbocycles. The summed E-state index contributed by atoms with van der Waals surface area (Å²) in [4.78, 5) is 38.2. The molecule has 1 aromatic rings. The second kappa shape index (κ2) is 7.99. The molecule has 2 atom stereocenters. The molecule has 8 heteroatoms. The van der Waals surface area contributed by atoms with Crippen LogP contribution in [0.2, 0.25) is 5.02 Å². The summed E-state index contributed by atoms with van der Waals surface area (Å²) in [5, 5.41) is 0.402. The zero-order valence-corrected chi connectivity index (χ0v) is 16.2. The highest BCUT2D eigenvalue weighted by Crippen LogP contribution is 2.39. The minimum absolute atomic E-state index is 0.0186. The van der Waals surface area contributed by atoms with Gasteiger partial charge in [0.1, 0.15) is 19.8 Å². The minimum atomic E-state index is -0.471. The summed E-state index contributed by atoms with van der Waals surface area (Å²) in [6, 6.07) is 3.40. The second-order valence-corrected chi connectivity index (χ2v) is 7.75. The summed E-state index contributed by atoms with van der Waals surface area (Å²) in [6.45, 7) is 0.983. The van der Waals surface area contributed by atoms with E-state index >= 15 is 0 Å². The van der Waals surface area contributed by atoms with Crippen LogP contribution < -0.4 is 9.47 Å². The van der Waals surface area contributed by atoms with Gasteiger partial charge in [0.2, 0.25) is 11.8 Å². The average Bonchev–Trinajstić information content (AvgIpc) is 2.95. The number of ether oxygens (including phenoxy) is 3. The fourth-order valence-corrected chi connectivity index (χ4v) is 4.43. The van der Waals surface area contributed by atoms with Gasteiger partial charge in [0.25, 0.3) is 0 Å². The fourth-order valence-electron chi connectivity index (χ4n) is 4.14. The standard InChI is InChI=1S/C20H22ClNO6/c21-15-9-12(10-16-18(15)27-8-7-26-16)11-28-17(23)5-6-22-19(24)13-3-1-2-4-14(13)20(22)25/h9-10,13-14H,1-8,11H2/t13-,14-/m1/s1. The number of imide groups is 1. The Kier molecular flexibility index (Phi) is 5.44. The maximum absolute atomic E-state index is 12.4. The lowest BCUT2D eigenvalue weighted by atomic mass is 9.81. The number of carbonyl (C=O) groups excluding carboxylic acids is 3. The van der Waals surface area contributed by atoms with Crippen molar-refractivity contribution in [2.75, 3.05) is 19.8 Å². The van der Waals surface area contributed by atoms with E-state index in [0.717, 1.165) is 25.7 Å². The Labute approximate surface area is 167 Å².